The van der Waals surface area contributed by atoms with Gasteiger partial charge in [-0.15, -0.1) is 0 Å². The SMILES string of the molecule is O=C(NCCN1CCN(C(=O)C2(c3ccc(Cl)cc3)CCCC2)CC1)c1ccsc1. The van der Waals surface area contributed by atoms with E-state index in [1.54, 1.807) is 0 Å². The quantitative estimate of drug-likeness (QED) is 0.736. The summed E-state index contributed by atoms with van der Waals surface area (Å²) in [5, 5.41) is 7.45. The van der Waals surface area contributed by atoms with Crippen molar-refractivity contribution in [2.24, 2.45) is 0 Å². The highest BCUT2D eigenvalue weighted by Crippen LogP contribution is 2.43. The Hall–Kier alpha value is -1.89. The van der Waals surface area contributed by atoms with Crippen LogP contribution in [0.1, 0.15) is 41.6 Å². The number of carbonyl (C=O) groups excluding carboxylic acids is 2. The van der Waals surface area contributed by atoms with Crippen LogP contribution in [0.2, 0.25) is 5.02 Å². The van der Waals surface area contributed by atoms with Crippen molar-refractivity contribution in [1.29, 1.82) is 0 Å². The van der Waals surface area contributed by atoms with E-state index in [1.165, 1.54) is 11.3 Å². The molecule has 0 atom stereocenters. The van der Waals surface area contributed by atoms with Crippen LogP contribution in [0.15, 0.2) is 41.1 Å². The lowest BCUT2D eigenvalue weighted by Crippen LogP contribution is -2.54. The predicted molar refractivity (Wildman–Crippen MR) is 121 cm³/mol. The average Bonchev–Trinajstić information content (AvgIpc) is 3.47. The van der Waals surface area contributed by atoms with Gasteiger partial charge in [-0.05, 0) is 42.0 Å². The van der Waals surface area contributed by atoms with Gasteiger partial charge in [-0.3, -0.25) is 14.5 Å². The maximum atomic E-state index is 13.6. The fraction of sp³-hybridized carbons (Fsp3) is 0.478. The largest absolute Gasteiger partial charge is 0.351 e. The Bertz CT molecular complexity index is 855. The standard InChI is InChI=1S/C23H28ClN3O2S/c24-20-5-3-19(4-6-20)23(8-1-2-9-23)22(29)27-14-12-26(13-15-27)11-10-25-21(28)18-7-16-30-17-18/h3-7,16-17H,1-2,8-15H2,(H,25,28). The summed E-state index contributed by atoms with van der Waals surface area (Å²) in [6.45, 7) is 4.60. The molecule has 1 aliphatic heterocycles. The van der Waals surface area contributed by atoms with Crippen LogP contribution in [0, 0.1) is 0 Å². The number of carbonyl (C=O) groups is 2. The number of rotatable bonds is 6. The molecule has 0 radical (unpaired) electrons. The zero-order valence-corrected chi connectivity index (χ0v) is 18.7. The van der Waals surface area contributed by atoms with Gasteiger partial charge in [-0.2, -0.15) is 11.3 Å². The zero-order valence-electron chi connectivity index (χ0n) is 17.1. The lowest BCUT2D eigenvalue weighted by atomic mass is 9.77. The number of hydrogen-bond donors (Lipinski definition) is 1. The molecule has 1 saturated carbocycles. The van der Waals surface area contributed by atoms with Crippen LogP contribution in [0.25, 0.3) is 0 Å². The molecule has 1 aromatic heterocycles. The molecule has 2 aliphatic rings. The van der Waals surface area contributed by atoms with E-state index in [0.29, 0.717) is 11.6 Å². The van der Waals surface area contributed by atoms with Crippen molar-refractivity contribution in [3.8, 4) is 0 Å². The molecule has 0 unspecified atom stereocenters. The van der Waals surface area contributed by atoms with Crippen LogP contribution < -0.4 is 5.32 Å². The molecular formula is C23H28ClN3O2S. The van der Waals surface area contributed by atoms with E-state index in [9.17, 15) is 9.59 Å². The zero-order chi connectivity index (χ0) is 21.0. The second-order valence-electron chi connectivity index (χ2n) is 8.20. The number of hydrogen-bond acceptors (Lipinski definition) is 4. The van der Waals surface area contributed by atoms with E-state index in [4.69, 9.17) is 11.6 Å². The molecule has 0 spiro atoms. The Balaban J connectivity index is 1.30. The summed E-state index contributed by atoms with van der Waals surface area (Å²) >= 11 is 7.60. The number of halogens is 1. The minimum Gasteiger partial charge on any atom is -0.351 e. The minimum absolute atomic E-state index is 0.0174. The van der Waals surface area contributed by atoms with E-state index in [-0.39, 0.29) is 17.2 Å². The third-order valence-electron chi connectivity index (χ3n) is 6.42. The first-order valence-electron chi connectivity index (χ1n) is 10.7. The van der Waals surface area contributed by atoms with Gasteiger partial charge in [0.15, 0.2) is 0 Å². The van der Waals surface area contributed by atoms with Crippen LogP contribution in [-0.2, 0) is 10.2 Å². The molecule has 1 saturated heterocycles. The summed E-state index contributed by atoms with van der Waals surface area (Å²) < 4.78 is 0. The number of nitrogens with one attached hydrogen (secondary N) is 1. The molecule has 0 bridgehead atoms. The van der Waals surface area contributed by atoms with Crippen molar-refractivity contribution in [1.82, 2.24) is 15.1 Å². The van der Waals surface area contributed by atoms with E-state index in [0.717, 1.165) is 69.5 Å². The number of benzene rings is 1. The highest BCUT2D eigenvalue weighted by atomic mass is 35.5. The first-order valence-corrected chi connectivity index (χ1v) is 12.0. The molecule has 7 heteroatoms. The second-order valence-corrected chi connectivity index (χ2v) is 9.41. The summed E-state index contributed by atoms with van der Waals surface area (Å²) in [4.78, 5) is 30.0. The highest BCUT2D eigenvalue weighted by molar-refractivity contribution is 7.08. The highest BCUT2D eigenvalue weighted by Gasteiger charge is 2.45. The molecule has 1 N–H and O–H groups in total. The molecule has 2 fully saturated rings. The topological polar surface area (TPSA) is 52.7 Å². The molecule has 5 nitrogen and oxygen atoms in total. The molecule has 4 rings (SSSR count). The van der Waals surface area contributed by atoms with Crippen LogP contribution >= 0.6 is 22.9 Å². The van der Waals surface area contributed by atoms with Crippen LogP contribution in [0.3, 0.4) is 0 Å². The Labute approximate surface area is 187 Å². The van der Waals surface area contributed by atoms with Crippen molar-refractivity contribution in [2.75, 3.05) is 39.3 Å². The number of piperazine rings is 1. The van der Waals surface area contributed by atoms with Gasteiger partial charge in [0.1, 0.15) is 0 Å². The smallest absolute Gasteiger partial charge is 0.252 e. The maximum Gasteiger partial charge on any atom is 0.252 e. The molecular weight excluding hydrogens is 418 g/mol. The fourth-order valence-electron chi connectivity index (χ4n) is 4.67. The molecule has 160 valence electrons. The van der Waals surface area contributed by atoms with Gasteiger partial charge in [-0.1, -0.05) is 36.6 Å². The van der Waals surface area contributed by atoms with Crippen molar-refractivity contribution in [3.05, 3.63) is 57.2 Å². The monoisotopic (exact) mass is 445 g/mol. The number of nitrogens with zero attached hydrogens (tertiary/aromatic N) is 2. The second kappa shape index (κ2) is 9.50. The van der Waals surface area contributed by atoms with Gasteiger partial charge in [0.25, 0.3) is 5.91 Å². The van der Waals surface area contributed by atoms with Gasteiger partial charge in [-0.25, -0.2) is 0 Å². The first kappa shape index (κ1) is 21.3. The molecule has 1 aliphatic carbocycles. The third-order valence-corrected chi connectivity index (χ3v) is 7.35. The summed E-state index contributed by atoms with van der Waals surface area (Å²) in [5.74, 6) is 0.254. The Morgan fingerprint density at radius 2 is 1.73 bits per heavy atom. The minimum atomic E-state index is -0.388. The van der Waals surface area contributed by atoms with Crippen molar-refractivity contribution in [2.45, 2.75) is 31.1 Å². The van der Waals surface area contributed by atoms with Gasteiger partial charge in [0.05, 0.1) is 5.41 Å². The molecule has 2 heterocycles. The Kier molecular flexibility index (Phi) is 6.76. The summed E-state index contributed by atoms with van der Waals surface area (Å²) in [7, 11) is 0. The lowest BCUT2D eigenvalue weighted by molar-refractivity contribution is -0.139. The lowest BCUT2D eigenvalue weighted by Gasteiger charge is -2.40. The fourth-order valence-corrected chi connectivity index (χ4v) is 5.44. The van der Waals surface area contributed by atoms with Gasteiger partial charge in [0.2, 0.25) is 5.91 Å². The molecule has 2 amide bonds. The average molecular weight is 446 g/mol. The van der Waals surface area contributed by atoms with Crippen molar-refractivity contribution >= 4 is 34.8 Å². The number of amides is 2. The van der Waals surface area contributed by atoms with E-state index in [1.807, 2.05) is 46.0 Å². The Morgan fingerprint density at radius 3 is 2.37 bits per heavy atom. The van der Waals surface area contributed by atoms with Crippen LogP contribution in [0.5, 0.6) is 0 Å². The number of thiophene rings is 1. The predicted octanol–water partition coefficient (Wildman–Crippen LogP) is 3.79. The Morgan fingerprint density at radius 1 is 1.03 bits per heavy atom. The molecule has 2 aromatic rings. The summed E-state index contributed by atoms with van der Waals surface area (Å²) in [6, 6.07) is 9.68. The first-order chi connectivity index (χ1) is 14.6. The molecule has 30 heavy (non-hydrogen) atoms. The van der Waals surface area contributed by atoms with Crippen molar-refractivity contribution in [3.63, 3.8) is 0 Å². The van der Waals surface area contributed by atoms with E-state index < -0.39 is 0 Å². The summed E-state index contributed by atoms with van der Waals surface area (Å²) in [6.07, 6.45) is 4.03. The van der Waals surface area contributed by atoms with Crippen molar-refractivity contribution < 1.29 is 9.59 Å². The normalized spacial score (nSPS) is 19.0. The third kappa shape index (κ3) is 4.56. The summed E-state index contributed by atoms with van der Waals surface area (Å²) in [5.41, 5.74) is 1.44. The van der Waals surface area contributed by atoms with Gasteiger partial charge < -0.3 is 10.2 Å². The van der Waals surface area contributed by atoms with Crippen LogP contribution in [-0.4, -0.2) is 60.9 Å². The van der Waals surface area contributed by atoms with Crippen LogP contribution in [0.4, 0.5) is 0 Å². The van der Waals surface area contributed by atoms with E-state index in [2.05, 4.69) is 10.2 Å². The van der Waals surface area contributed by atoms with Gasteiger partial charge >= 0.3 is 0 Å². The maximum absolute atomic E-state index is 13.6. The molecule has 1 aromatic carbocycles. The van der Waals surface area contributed by atoms with Gasteiger partial charge in [0, 0.05) is 55.2 Å². The van der Waals surface area contributed by atoms with E-state index >= 15 is 0 Å².